The van der Waals surface area contributed by atoms with E-state index in [0.29, 0.717) is 5.69 Å². The molecule has 1 aliphatic heterocycles. The quantitative estimate of drug-likeness (QED) is 0.876. The van der Waals surface area contributed by atoms with Crippen molar-refractivity contribution < 1.29 is 9.18 Å². The Labute approximate surface area is 157 Å². The van der Waals surface area contributed by atoms with Gasteiger partial charge in [0, 0.05) is 36.5 Å². The fourth-order valence-corrected chi connectivity index (χ4v) is 3.32. The van der Waals surface area contributed by atoms with E-state index in [1.807, 2.05) is 13.0 Å². The molecular formula is C19H22ClFN4O. The third kappa shape index (κ3) is 4.30. The Morgan fingerprint density at radius 3 is 2.69 bits per heavy atom. The minimum absolute atomic E-state index is 0.00322. The maximum atomic E-state index is 13.2. The van der Waals surface area contributed by atoms with Crippen molar-refractivity contribution in [3.63, 3.8) is 0 Å². The molecule has 1 saturated heterocycles. The van der Waals surface area contributed by atoms with Crippen LogP contribution in [0.5, 0.6) is 0 Å². The van der Waals surface area contributed by atoms with Gasteiger partial charge in [0.25, 0.3) is 0 Å². The van der Waals surface area contributed by atoms with Crippen molar-refractivity contribution >= 4 is 29.0 Å². The molecule has 0 unspecified atom stereocenters. The number of piperidine rings is 1. The SMILES string of the molecule is CCc1cc(N2CCC(C(=O)Nc3ccc(F)c(Cl)c3)CC2)nc(C)n1. The summed E-state index contributed by atoms with van der Waals surface area (Å²) in [5.74, 6) is 1.07. The van der Waals surface area contributed by atoms with Crippen LogP contribution in [-0.2, 0) is 11.2 Å². The van der Waals surface area contributed by atoms with E-state index in [1.165, 1.54) is 18.2 Å². The lowest BCUT2D eigenvalue weighted by molar-refractivity contribution is -0.120. The van der Waals surface area contributed by atoms with E-state index in [4.69, 9.17) is 11.6 Å². The Hall–Kier alpha value is -2.21. The van der Waals surface area contributed by atoms with Crippen LogP contribution >= 0.6 is 11.6 Å². The topological polar surface area (TPSA) is 58.1 Å². The molecule has 1 aromatic carbocycles. The van der Waals surface area contributed by atoms with Crippen molar-refractivity contribution in [3.8, 4) is 0 Å². The zero-order valence-electron chi connectivity index (χ0n) is 14.9. The van der Waals surface area contributed by atoms with Gasteiger partial charge in [0.2, 0.25) is 5.91 Å². The number of rotatable bonds is 4. The molecule has 5 nitrogen and oxygen atoms in total. The lowest BCUT2D eigenvalue weighted by Crippen LogP contribution is -2.38. The van der Waals surface area contributed by atoms with Crippen LogP contribution in [0.2, 0.25) is 5.02 Å². The van der Waals surface area contributed by atoms with E-state index >= 15 is 0 Å². The zero-order chi connectivity index (χ0) is 18.7. The third-order valence-corrected chi connectivity index (χ3v) is 4.91. The number of anilines is 2. The molecule has 0 bridgehead atoms. The number of aryl methyl sites for hydroxylation is 2. The number of nitrogens with zero attached hydrogens (tertiary/aromatic N) is 3. The average molecular weight is 377 g/mol. The Morgan fingerprint density at radius 2 is 2.04 bits per heavy atom. The maximum absolute atomic E-state index is 13.2. The number of aromatic nitrogens is 2. The first-order valence-corrected chi connectivity index (χ1v) is 9.19. The summed E-state index contributed by atoms with van der Waals surface area (Å²) in [7, 11) is 0. The minimum atomic E-state index is -0.496. The summed E-state index contributed by atoms with van der Waals surface area (Å²) in [6.45, 7) is 5.50. The Morgan fingerprint density at radius 1 is 1.31 bits per heavy atom. The Kier molecular flexibility index (Phi) is 5.71. The molecule has 1 fully saturated rings. The molecule has 3 rings (SSSR count). The summed E-state index contributed by atoms with van der Waals surface area (Å²) >= 11 is 5.76. The summed E-state index contributed by atoms with van der Waals surface area (Å²) < 4.78 is 13.2. The van der Waals surface area contributed by atoms with Gasteiger partial charge in [-0.1, -0.05) is 18.5 Å². The second kappa shape index (κ2) is 7.99. The van der Waals surface area contributed by atoms with Gasteiger partial charge in [0.15, 0.2) is 0 Å². The fraction of sp³-hybridized carbons (Fsp3) is 0.421. The van der Waals surface area contributed by atoms with Gasteiger partial charge >= 0.3 is 0 Å². The highest BCUT2D eigenvalue weighted by atomic mass is 35.5. The number of hydrogen-bond acceptors (Lipinski definition) is 4. The largest absolute Gasteiger partial charge is 0.356 e. The molecule has 138 valence electrons. The van der Waals surface area contributed by atoms with E-state index in [0.717, 1.165) is 49.7 Å². The second-order valence-electron chi connectivity index (χ2n) is 6.50. The second-order valence-corrected chi connectivity index (χ2v) is 6.90. The van der Waals surface area contributed by atoms with E-state index in [-0.39, 0.29) is 16.8 Å². The van der Waals surface area contributed by atoms with Crippen molar-refractivity contribution in [1.29, 1.82) is 0 Å². The summed E-state index contributed by atoms with van der Waals surface area (Å²) in [4.78, 5) is 23.6. The predicted octanol–water partition coefficient (Wildman–Crippen LogP) is 4.00. The molecular weight excluding hydrogens is 355 g/mol. The monoisotopic (exact) mass is 376 g/mol. The number of benzene rings is 1. The standard InChI is InChI=1S/C19H22ClFN4O/c1-3-14-11-18(23-12(2)22-14)25-8-6-13(7-9-25)19(26)24-15-4-5-17(21)16(20)10-15/h4-5,10-11,13H,3,6-9H2,1-2H3,(H,24,26). The van der Waals surface area contributed by atoms with Crippen LogP contribution in [0.4, 0.5) is 15.9 Å². The predicted molar refractivity (Wildman–Crippen MR) is 101 cm³/mol. The summed E-state index contributed by atoms with van der Waals surface area (Å²) in [5, 5.41) is 2.83. The molecule has 0 aliphatic carbocycles. The first-order chi connectivity index (χ1) is 12.5. The van der Waals surface area contributed by atoms with Crippen LogP contribution < -0.4 is 10.2 Å². The first kappa shape index (κ1) is 18.6. The average Bonchev–Trinajstić information content (AvgIpc) is 2.64. The normalized spacial score (nSPS) is 15.2. The Balaban J connectivity index is 1.60. The molecule has 0 saturated carbocycles. The van der Waals surface area contributed by atoms with Crippen LogP contribution in [-0.4, -0.2) is 29.0 Å². The molecule has 0 spiro atoms. The number of halogens is 2. The van der Waals surface area contributed by atoms with Crippen molar-refractivity contribution in [3.05, 3.63) is 46.6 Å². The van der Waals surface area contributed by atoms with Gasteiger partial charge in [-0.2, -0.15) is 0 Å². The molecule has 26 heavy (non-hydrogen) atoms. The highest BCUT2D eigenvalue weighted by Crippen LogP contribution is 2.25. The van der Waals surface area contributed by atoms with Crippen LogP contribution in [0.15, 0.2) is 24.3 Å². The van der Waals surface area contributed by atoms with E-state index in [2.05, 4.69) is 27.1 Å². The number of carbonyl (C=O) groups is 1. The van der Waals surface area contributed by atoms with Gasteiger partial charge in [-0.25, -0.2) is 14.4 Å². The van der Waals surface area contributed by atoms with Crippen LogP contribution in [0, 0.1) is 18.7 Å². The first-order valence-electron chi connectivity index (χ1n) is 8.81. The molecule has 7 heteroatoms. The van der Waals surface area contributed by atoms with Crippen molar-refractivity contribution in [2.45, 2.75) is 33.1 Å². The zero-order valence-corrected chi connectivity index (χ0v) is 15.7. The highest BCUT2D eigenvalue weighted by molar-refractivity contribution is 6.31. The van der Waals surface area contributed by atoms with E-state index < -0.39 is 5.82 Å². The number of amides is 1. The van der Waals surface area contributed by atoms with Crippen LogP contribution in [0.1, 0.15) is 31.3 Å². The molecule has 1 amide bonds. The van der Waals surface area contributed by atoms with Gasteiger partial charge in [-0.3, -0.25) is 4.79 Å². The number of nitrogens with one attached hydrogen (secondary N) is 1. The molecule has 0 atom stereocenters. The fourth-order valence-electron chi connectivity index (χ4n) is 3.14. The lowest BCUT2D eigenvalue weighted by Gasteiger charge is -2.32. The number of carbonyl (C=O) groups excluding carboxylic acids is 1. The van der Waals surface area contributed by atoms with Crippen molar-refractivity contribution in [2.75, 3.05) is 23.3 Å². The van der Waals surface area contributed by atoms with E-state index in [9.17, 15) is 9.18 Å². The highest BCUT2D eigenvalue weighted by Gasteiger charge is 2.26. The van der Waals surface area contributed by atoms with Crippen LogP contribution in [0.25, 0.3) is 0 Å². The third-order valence-electron chi connectivity index (χ3n) is 4.62. The van der Waals surface area contributed by atoms with Crippen LogP contribution in [0.3, 0.4) is 0 Å². The summed E-state index contributed by atoms with van der Waals surface area (Å²) in [6.07, 6.45) is 2.35. The smallest absolute Gasteiger partial charge is 0.227 e. The van der Waals surface area contributed by atoms with Crippen molar-refractivity contribution in [2.24, 2.45) is 5.92 Å². The summed E-state index contributed by atoms with van der Waals surface area (Å²) in [6, 6.07) is 6.22. The van der Waals surface area contributed by atoms with Gasteiger partial charge in [0.05, 0.1) is 5.02 Å². The minimum Gasteiger partial charge on any atom is -0.356 e. The summed E-state index contributed by atoms with van der Waals surface area (Å²) in [5.41, 5.74) is 1.54. The molecule has 2 aromatic rings. The Bertz CT molecular complexity index is 806. The van der Waals surface area contributed by atoms with Gasteiger partial charge in [0.1, 0.15) is 17.5 Å². The molecule has 2 heterocycles. The lowest BCUT2D eigenvalue weighted by atomic mass is 9.95. The van der Waals surface area contributed by atoms with Gasteiger partial charge in [-0.15, -0.1) is 0 Å². The van der Waals surface area contributed by atoms with Crippen molar-refractivity contribution in [1.82, 2.24) is 9.97 Å². The van der Waals surface area contributed by atoms with Gasteiger partial charge in [-0.05, 0) is 44.4 Å². The number of hydrogen-bond donors (Lipinski definition) is 1. The molecule has 0 radical (unpaired) electrons. The molecule has 1 aliphatic rings. The molecule has 1 N–H and O–H groups in total. The maximum Gasteiger partial charge on any atom is 0.227 e. The molecule has 1 aromatic heterocycles. The van der Waals surface area contributed by atoms with Gasteiger partial charge < -0.3 is 10.2 Å². The van der Waals surface area contributed by atoms with E-state index in [1.54, 1.807) is 0 Å².